The van der Waals surface area contributed by atoms with E-state index in [9.17, 15) is 9.59 Å². The van der Waals surface area contributed by atoms with Gasteiger partial charge in [0.25, 0.3) is 5.56 Å². The van der Waals surface area contributed by atoms with Crippen LogP contribution in [0.4, 0.5) is 4.79 Å². The number of fused-ring (bicyclic) bond motifs is 1. The van der Waals surface area contributed by atoms with Gasteiger partial charge in [0.2, 0.25) is 0 Å². The molecule has 0 bridgehead atoms. The number of aryl methyl sites for hydroxylation is 1. The van der Waals surface area contributed by atoms with Crippen molar-refractivity contribution in [2.45, 2.75) is 66.0 Å². The van der Waals surface area contributed by atoms with E-state index in [2.05, 4.69) is 12.2 Å². The van der Waals surface area contributed by atoms with Crippen LogP contribution in [0.15, 0.2) is 53.3 Å². The van der Waals surface area contributed by atoms with Gasteiger partial charge in [-0.05, 0) is 65.3 Å². The highest BCUT2D eigenvalue weighted by Crippen LogP contribution is 2.24. The van der Waals surface area contributed by atoms with Gasteiger partial charge in [-0.15, -0.1) is 0 Å². The second-order valence-electron chi connectivity index (χ2n) is 9.37. The minimum absolute atomic E-state index is 0.132. The molecule has 1 N–H and O–H groups in total. The van der Waals surface area contributed by atoms with Crippen LogP contribution in [0.5, 0.6) is 0 Å². The molecule has 2 amide bonds. The molecule has 1 atom stereocenters. The van der Waals surface area contributed by atoms with E-state index >= 15 is 0 Å². The Balaban J connectivity index is 2.19. The Kier molecular flexibility index (Phi) is 7.02. The summed E-state index contributed by atoms with van der Waals surface area (Å²) in [5.74, 6) is 0.553. The molecule has 0 saturated heterocycles. The van der Waals surface area contributed by atoms with Crippen molar-refractivity contribution in [1.29, 1.82) is 0 Å². The maximum absolute atomic E-state index is 13.6. The summed E-state index contributed by atoms with van der Waals surface area (Å²) < 4.78 is 1.65. The van der Waals surface area contributed by atoms with E-state index in [0.29, 0.717) is 23.3 Å². The number of hydrogen-bond acceptors (Lipinski definition) is 3. The highest BCUT2D eigenvalue weighted by molar-refractivity contribution is 5.78. The van der Waals surface area contributed by atoms with E-state index in [1.807, 2.05) is 77.1 Å². The molecule has 0 aliphatic heterocycles. The summed E-state index contributed by atoms with van der Waals surface area (Å²) in [7, 11) is 0. The van der Waals surface area contributed by atoms with Crippen molar-refractivity contribution < 1.29 is 4.79 Å². The molecule has 0 saturated carbocycles. The zero-order valence-electron chi connectivity index (χ0n) is 20.0. The van der Waals surface area contributed by atoms with Crippen LogP contribution in [0.25, 0.3) is 16.6 Å². The number of nitrogens with zero attached hydrogens (tertiary/aromatic N) is 3. The van der Waals surface area contributed by atoms with Crippen LogP contribution in [0.1, 0.15) is 64.9 Å². The summed E-state index contributed by atoms with van der Waals surface area (Å²) in [5.41, 5.74) is 1.99. The number of unbranched alkanes of at least 4 members (excludes halogenated alkanes) is 1. The summed E-state index contributed by atoms with van der Waals surface area (Å²) in [6.45, 7) is 12.5. The number of benzene rings is 2. The molecule has 3 rings (SSSR count). The fraction of sp³-hybridized carbons (Fsp3) is 0.423. The lowest BCUT2D eigenvalue weighted by molar-refractivity contribution is 0.166. The predicted octanol–water partition coefficient (Wildman–Crippen LogP) is 5.37. The van der Waals surface area contributed by atoms with Gasteiger partial charge < -0.3 is 10.2 Å². The molecule has 0 radical (unpaired) electrons. The maximum atomic E-state index is 13.6. The second kappa shape index (κ2) is 9.55. The van der Waals surface area contributed by atoms with E-state index in [4.69, 9.17) is 4.98 Å². The van der Waals surface area contributed by atoms with Crippen LogP contribution in [0, 0.1) is 6.92 Å². The predicted molar refractivity (Wildman–Crippen MR) is 130 cm³/mol. The topological polar surface area (TPSA) is 67.2 Å². The number of urea groups is 1. The smallest absolute Gasteiger partial charge is 0.318 e. The van der Waals surface area contributed by atoms with Gasteiger partial charge in [-0.3, -0.25) is 9.36 Å². The number of rotatable bonds is 6. The van der Waals surface area contributed by atoms with Crippen LogP contribution in [0.3, 0.4) is 0 Å². The monoisotopic (exact) mass is 434 g/mol. The van der Waals surface area contributed by atoms with Gasteiger partial charge in [0.1, 0.15) is 5.82 Å². The summed E-state index contributed by atoms with van der Waals surface area (Å²) in [6.07, 6.45) is 1.83. The fourth-order valence-electron chi connectivity index (χ4n) is 3.71. The molecule has 1 heterocycles. The van der Waals surface area contributed by atoms with Crippen molar-refractivity contribution in [1.82, 2.24) is 19.8 Å². The molecule has 3 aromatic rings. The van der Waals surface area contributed by atoms with Crippen LogP contribution in [0.2, 0.25) is 0 Å². The first-order valence-corrected chi connectivity index (χ1v) is 11.3. The molecule has 0 fully saturated rings. The summed E-state index contributed by atoms with van der Waals surface area (Å²) in [6, 6.07) is 14.6. The van der Waals surface area contributed by atoms with E-state index in [-0.39, 0.29) is 17.1 Å². The fourth-order valence-corrected chi connectivity index (χ4v) is 3.71. The van der Waals surface area contributed by atoms with E-state index in [1.165, 1.54) is 0 Å². The molecular formula is C26H34N4O2. The lowest BCUT2D eigenvalue weighted by Gasteiger charge is -2.33. The molecule has 0 spiro atoms. The van der Waals surface area contributed by atoms with Gasteiger partial charge in [-0.1, -0.05) is 43.2 Å². The number of nitrogens with one attached hydrogen (secondary N) is 1. The average Bonchev–Trinajstić information content (AvgIpc) is 2.73. The zero-order valence-corrected chi connectivity index (χ0v) is 20.0. The zero-order chi connectivity index (χ0) is 23.5. The third-order valence-corrected chi connectivity index (χ3v) is 5.43. The number of carbonyl (C=O) groups excluding carboxylic acids is 1. The van der Waals surface area contributed by atoms with Crippen molar-refractivity contribution >= 4 is 16.9 Å². The number of amides is 2. The van der Waals surface area contributed by atoms with E-state index in [0.717, 1.165) is 24.1 Å². The standard InChI is InChI=1S/C26H34N4O2/c1-7-8-17-29(25(32)28-26(4,5)6)19(3)23-27-22-12-10-9-11-21(22)24(31)30(23)20-15-13-18(2)14-16-20/h9-16,19H,7-8,17H2,1-6H3,(H,28,32). The molecule has 2 aromatic carbocycles. The van der Waals surface area contributed by atoms with E-state index < -0.39 is 6.04 Å². The Hall–Kier alpha value is -3.15. The van der Waals surface area contributed by atoms with Crippen LogP contribution >= 0.6 is 0 Å². The van der Waals surface area contributed by atoms with Crippen molar-refractivity contribution in [2.75, 3.05) is 6.54 Å². The van der Waals surface area contributed by atoms with Gasteiger partial charge in [-0.25, -0.2) is 9.78 Å². The van der Waals surface area contributed by atoms with E-state index in [1.54, 1.807) is 15.5 Å². The van der Waals surface area contributed by atoms with Crippen LogP contribution in [-0.2, 0) is 0 Å². The van der Waals surface area contributed by atoms with Crippen molar-refractivity contribution in [3.8, 4) is 5.69 Å². The second-order valence-corrected chi connectivity index (χ2v) is 9.37. The first kappa shape index (κ1) is 23.5. The summed E-state index contributed by atoms with van der Waals surface area (Å²) in [4.78, 5) is 33.5. The summed E-state index contributed by atoms with van der Waals surface area (Å²) >= 11 is 0. The minimum Gasteiger partial charge on any atom is -0.333 e. The Morgan fingerprint density at radius 3 is 2.41 bits per heavy atom. The number of para-hydroxylation sites is 1. The first-order chi connectivity index (χ1) is 15.1. The Morgan fingerprint density at radius 2 is 1.78 bits per heavy atom. The molecule has 170 valence electrons. The average molecular weight is 435 g/mol. The largest absolute Gasteiger partial charge is 0.333 e. The Morgan fingerprint density at radius 1 is 1.12 bits per heavy atom. The quantitative estimate of drug-likeness (QED) is 0.567. The first-order valence-electron chi connectivity index (χ1n) is 11.3. The maximum Gasteiger partial charge on any atom is 0.318 e. The molecule has 1 aromatic heterocycles. The number of aromatic nitrogens is 2. The lowest BCUT2D eigenvalue weighted by atomic mass is 10.1. The highest BCUT2D eigenvalue weighted by atomic mass is 16.2. The number of hydrogen-bond donors (Lipinski definition) is 1. The third kappa shape index (κ3) is 5.18. The van der Waals surface area contributed by atoms with Crippen molar-refractivity contribution in [3.05, 3.63) is 70.3 Å². The van der Waals surface area contributed by atoms with Crippen molar-refractivity contribution in [2.24, 2.45) is 0 Å². The third-order valence-electron chi connectivity index (χ3n) is 5.43. The van der Waals surface area contributed by atoms with Gasteiger partial charge in [-0.2, -0.15) is 0 Å². The van der Waals surface area contributed by atoms with Gasteiger partial charge in [0.05, 0.1) is 22.6 Å². The molecular weight excluding hydrogens is 400 g/mol. The van der Waals surface area contributed by atoms with Crippen molar-refractivity contribution in [3.63, 3.8) is 0 Å². The van der Waals surface area contributed by atoms with Crippen LogP contribution in [-0.4, -0.2) is 32.6 Å². The van der Waals surface area contributed by atoms with Crippen LogP contribution < -0.4 is 10.9 Å². The molecule has 6 heteroatoms. The Bertz CT molecular complexity index is 1140. The molecule has 0 aliphatic rings. The lowest BCUT2D eigenvalue weighted by Crippen LogP contribution is -2.50. The molecule has 6 nitrogen and oxygen atoms in total. The SMILES string of the molecule is CCCCN(C(=O)NC(C)(C)C)C(C)c1nc2ccccc2c(=O)n1-c1ccc(C)cc1. The summed E-state index contributed by atoms with van der Waals surface area (Å²) in [5, 5.41) is 3.63. The Labute approximate surface area is 190 Å². The number of carbonyl (C=O) groups is 1. The molecule has 0 aliphatic carbocycles. The molecule has 32 heavy (non-hydrogen) atoms. The van der Waals surface area contributed by atoms with Gasteiger partial charge in [0, 0.05) is 12.1 Å². The van der Waals surface area contributed by atoms with Gasteiger partial charge in [0.15, 0.2) is 0 Å². The minimum atomic E-state index is -0.400. The normalized spacial score (nSPS) is 12.6. The van der Waals surface area contributed by atoms with Gasteiger partial charge >= 0.3 is 6.03 Å². The molecule has 1 unspecified atom stereocenters. The highest BCUT2D eigenvalue weighted by Gasteiger charge is 2.28.